The van der Waals surface area contributed by atoms with Crippen LogP contribution in [0, 0.1) is 0 Å². The molecule has 0 spiro atoms. The number of nitrogens with one attached hydrogen (secondary N) is 1. The Hall–Kier alpha value is -2.41. The number of carbonyl (C=O) groups is 1. The van der Waals surface area contributed by atoms with Crippen molar-refractivity contribution in [1.29, 1.82) is 0 Å². The van der Waals surface area contributed by atoms with E-state index in [2.05, 4.69) is 15.4 Å². The van der Waals surface area contributed by atoms with Gasteiger partial charge in [0, 0.05) is 20.7 Å². The molecular weight excluding hydrogens is 272 g/mol. The molecule has 0 aliphatic heterocycles. The molecule has 0 saturated heterocycles. The lowest BCUT2D eigenvalue weighted by Gasteiger charge is -2.06. The lowest BCUT2D eigenvalue weighted by atomic mass is 10.2. The zero-order valence-electron chi connectivity index (χ0n) is 12.3. The first-order valence-corrected chi connectivity index (χ1v) is 6.44. The Bertz CT molecular complexity index is 624. The number of rotatable bonds is 6. The van der Waals surface area contributed by atoms with Gasteiger partial charge in [-0.05, 0) is 17.7 Å². The Morgan fingerprint density at radius 1 is 1.38 bits per heavy atom. The summed E-state index contributed by atoms with van der Waals surface area (Å²) in [6, 6.07) is 7.51. The fourth-order valence-corrected chi connectivity index (χ4v) is 1.87. The van der Waals surface area contributed by atoms with Crippen molar-refractivity contribution in [2.45, 2.75) is 13.2 Å². The van der Waals surface area contributed by atoms with E-state index in [1.807, 2.05) is 24.3 Å². The topological polar surface area (TPSA) is 78.3 Å². The zero-order chi connectivity index (χ0) is 15.2. The number of methoxy groups -OCH3 is 2. The summed E-state index contributed by atoms with van der Waals surface area (Å²) in [6.45, 7) is 0.666. The molecular formula is C14H18N4O3. The van der Waals surface area contributed by atoms with Gasteiger partial charge < -0.3 is 14.8 Å². The summed E-state index contributed by atoms with van der Waals surface area (Å²) in [4.78, 5) is 16.2. The maximum Gasteiger partial charge on any atom is 0.289 e. The van der Waals surface area contributed by atoms with E-state index in [4.69, 9.17) is 9.47 Å². The first kappa shape index (κ1) is 15.0. The van der Waals surface area contributed by atoms with Crippen LogP contribution in [0.4, 0.5) is 0 Å². The summed E-state index contributed by atoms with van der Waals surface area (Å²) < 4.78 is 11.5. The van der Waals surface area contributed by atoms with E-state index in [0.29, 0.717) is 12.4 Å². The van der Waals surface area contributed by atoms with Crippen molar-refractivity contribution >= 4 is 5.91 Å². The Labute approximate surface area is 122 Å². The molecule has 0 aliphatic carbocycles. The minimum atomic E-state index is -0.282. The minimum absolute atomic E-state index is 0.255. The third-order valence-electron chi connectivity index (χ3n) is 2.87. The number of amides is 1. The van der Waals surface area contributed by atoms with Gasteiger partial charge in [-0.15, -0.1) is 0 Å². The third-order valence-corrected chi connectivity index (χ3v) is 2.87. The van der Waals surface area contributed by atoms with Gasteiger partial charge in [0.15, 0.2) is 5.82 Å². The van der Waals surface area contributed by atoms with Crippen LogP contribution in [0.15, 0.2) is 24.3 Å². The second kappa shape index (κ2) is 6.85. The number of hydrogen-bond acceptors (Lipinski definition) is 5. The summed E-state index contributed by atoms with van der Waals surface area (Å²) in [5.41, 5.74) is 0.946. The molecule has 1 N–H and O–H groups in total. The molecule has 0 atom stereocenters. The molecule has 0 saturated carbocycles. The van der Waals surface area contributed by atoms with Crippen molar-refractivity contribution in [3.05, 3.63) is 41.5 Å². The van der Waals surface area contributed by atoms with Gasteiger partial charge in [-0.1, -0.05) is 12.1 Å². The molecule has 1 heterocycles. The van der Waals surface area contributed by atoms with Gasteiger partial charge in [-0.3, -0.25) is 4.79 Å². The molecule has 7 nitrogen and oxygen atoms in total. The van der Waals surface area contributed by atoms with Crippen LogP contribution < -0.4 is 10.1 Å². The van der Waals surface area contributed by atoms with Crippen LogP contribution in [0.1, 0.15) is 22.0 Å². The van der Waals surface area contributed by atoms with E-state index in [1.165, 1.54) is 4.68 Å². The molecule has 0 aliphatic rings. The van der Waals surface area contributed by atoms with Crippen molar-refractivity contribution < 1.29 is 14.3 Å². The number of aryl methyl sites for hydroxylation is 1. The third kappa shape index (κ3) is 3.79. The van der Waals surface area contributed by atoms with Gasteiger partial charge in [0.05, 0.1) is 7.11 Å². The van der Waals surface area contributed by atoms with E-state index in [-0.39, 0.29) is 18.3 Å². The molecule has 0 radical (unpaired) electrons. The van der Waals surface area contributed by atoms with Crippen molar-refractivity contribution in [1.82, 2.24) is 20.1 Å². The van der Waals surface area contributed by atoms with Gasteiger partial charge in [0.1, 0.15) is 12.4 Å². The predicted molar refractivity (Wildman–Crippen MR) is 75.9 cm³/mol. The van der Waals surface area contributed by atoms with Crippen LogP contribution in [-0.4, -0.2) is 34.9 Å². The Kier molecular flexibility index (Phi) is 4.89. The fraction of sp³-hybridized carbons (Fsp3) is 0.357. The molecule has 0 bridgehead atoms. The molecule has 1 aromatic heterocycles. The summed E-state index contributed by atoms with van der Waals surface area (Å²) in [6.07, 6.45) is 0. The van der Waals surface area contributed by atoms with Gasteiger partial charge in [-0.2, -0.15) is 5.10 Å². The Morgan fingerprint density at radius 2 is 2.19 bits per heavy atom. The van der Waals surface area contributed by atoms with E-state index in [1.54, 1.807) is 21.3 Å². The molecule has 0 unspecified atom stereocenters. The fourth-order valence-electron chi connectivity index (χ4n) is 1.87. The zero-order valence-corrected chi connectivity index (χ0v) is 12.3. The van der Waals surface area contributed by atoms with Crippen LogP contribution >= 0.6 is 0 Å². The number of aromatic nitrogens is 3. The molecule has 112 valence electrons. The maximum absolute atomic E-state index is 12.1. The maximum atomic E-state index is 12.1. The monoisotopic (exact) mass is 290 g/mol. The number of benzene rings is 1. The van der Waals surface area contributed by atoms with Crippen LogP contribution in [0.2, 0.25) is 0 Å². The van der Waals surface area contributed by atoms with E-state index >= 15 is 0 Å². The summed E-state index contributed by atoms with van der Waals surface area (Å²) >= 11 is 0. The van der Waals surface area contributed by atoms with E-state index < -0.39 is 0 Å². The van der Waals surface area contributed by atoms with Gasteiger partial charge in [-0.25, -0.2) is 9.67 Å². The van der Waals surface area contributed by atoms with Crippen molar-refractivity contribution in [3.8, 4) is 5.75 Å². The van der Waals surface area contributed by atoms with Gasteiger partial charge in [0.2, 0.25) is 5.82 Å². The number of nitrogens with zero attached hydrogens (tertiary/aromatic N) is 3. The van der Waals surface area contributed by atoms with Crippen molar-refractivity contribution in [2.75, 3.05) is 14.2 Å². The highest BCUT2D eigenvalue weighted by Crippen LogP contribution is 2.12. The number of hydrogen-bond donors (Lipinski definition) is 1. The van der Waals surface area contributed by atoms with Gasteiger partial charge in [0.25, 0.3) is 5.91 Å². The summed E-state index contributed by atoms with van der Waals surface area (Å²) in [7, 11) is 4.83. The quantitative estimate of drug-likeness (QED) is 0.855. The number of ether oxygens (including phenoxy) is 2. The van der Waals surface area contributed by atoms with Crippen molar-refractivity contribution in [3.63, 3.8) is 0 Å². The molecule has 7 heteroatoms. The Morgan fingerprint density at radius 3 is 2.90 bits per heavy atom. The van der Waals surface area contributed by atoms with E-state index in [9.17, 15) is 4.79 Å². The second-order valence-corrected chi connectivity index (χ2v) is 4.44. The minimum Gasteiger partial charge on any atom is -0.497 e. The average Bonchev–Trinajstić information content (AvgIpc) is 2.86. The summed E-state index contributed by atoms with van der Waals surface area (Å²) in [5, 5.41) is 6.91. The van der Waals surface area contributed by atoms with Crippen LogP contribution in [0.25, 0.3) is 0 Å². The second-order valence-electron chi connectivity index (χ2n) is 4.44. The molecule has 1 aromatic carbocycles. The highest BCUT2D eigenvalue weighted by Gasteiger charge is 2.14. The van der Waals surface area contributed by atoms with Crippen LogP contribution in [-0.2, 0) is 24.9 Å². The first-order chi connectivity index (χ1) is 10.1. The molecule has 0 fully saturated rings. The standard InChI is InChI=1S/C14H18N4O3/c1-18-13(16-12(17-18)9-20-2)14(19)15-8-10-5-4-6-11(7-10)21-3/h4-7H,8-9H2,1-3H3,(H,15,19). The smallest absolute Gasteiger partial charge is 0.289 e. The van der Waals surface area contributed by atoms with Crippen molar-refractivity contribution in [2.24, 2.45) is 7.05 Å². The normalized spacial score (nSPS) is 10.4. The molecule has 2 rings (SSSR count). The van der Waals surface area contributed by atoms with Crippen LogP contribution in [0.5, 0.6) is 5.75 Å². The van der Waals surface area contributed by atoms with Gasteiger partial charge >= 0.3 is 0 Å². The SMILES string of the molecule is COCc1nc(C(=O)NCc2cccc(OC)c2)n(C)n1. The lowest BCUT2D eigenvalue weighted by Crippen LogP contribution is -2.26. The molecule has 2 aromatic rings. The highest BCUT2D eigenvalue weighted by atomic mass is 16.5. The number of carbonyl (C=O) groups excluding carboxylic acids is 1. The lowest BCUT2D eigenvalue weighted by molar-refractivity contribution is 0.0936. The average molecular weight is 290 g/mol. The first-order valence-electron chi connectivity index (χ1n) is 6.44. The van der Waals surface area contributed by atoms with E-state index in [0.717, 1.165) is 11.3 Å². The largest absolute Gasteiger partial charge is 0.497 e. The predicted octanol–water partition coefficient (Wildman–Crippen LogP) is 0.900. The molecule has 21 heavy (non-hydrogen) atoms. The molecule has 1 amide bonds. The summed E-state index contributed by atoms with van der Waals surface area (Å²) in [5.74, 6) is 1.20. The highest BCUT2D eigenvalue weighted by molar-refractivity contribution is 5.90. The van der Waals surface area contributed by atoms with Crippen LogP contribution in [0.3, 0.4) is 0 Å². The Balaban J connectivity index is 2.01.